The van der Waals surface area contributed by atoms with Gasteiger partial charge in [-0.25, -0.2) is 0 Å². The average Bonchev–Trinajstić information content (AvgIpc) is 3.09. The predicted molar refractivity (Wildman–Crippen MR) is 95.9 cm³/mol. The minimum atomic E-state index is -0.572. The number of rotatable bonds is 6. The summed E-state index contributed by atoms with van der Waals surface area (Å²) in [5.41, 5.74) is 1.40. The lowest BCUT2D eigenvalue weighted by Crippen LogP contribution is -2.12. The molecule has 0 aliphatic heterocycles. The highest BCUT2D eigenvalue weighted by Crippen LogP contribution is 2.20. The molecule has 0 aliphatic carbocycles. The molecule has 3 rings (SSSR count). The fourth-order valence-electron chi connectivity index (χ4n) is 2.41. The highest BCUT2D eigenvalue weighted by atomic mass is 16.6. The van der Waals surface area contributed by atoms with E-state index in [0.717, 1.165) is 11.3 Å². The molecular weight excluding hydrogens is 352 g/mol. The number of aromatic nitrogens is 2. The van der Waals surface area contributed by atoms with Crippen LogP contribution in [0.1, 0.15) is 27.4 Å². The number of nitro benzene ring substituents is 1. The third-order valence-electron chi connectivity index (χ3n) is 3.87. The van der Waals surface area contributed by atoms with Crippen molar-refractivity contribution in [2.75, 3.05) is 12.4 Å². The zero-order valence-corrected chi connectivity index (χ0v) is 14.6. The van der Waals surface area contributed by atoms with Crippen molar-refractivity contribution < 1.29 is 18.9 Å². The summed E-state index contributed by atoms with van der Waals surface area (Å²) >= 11 is 0. The van der Waals surface area contributed by atoms with Crippen LogP contribution in [-0.4, -0.2) is 28.1 Å². The van der Waals surface area contributed by atoms with Gasteiger partial charge in [-0.1, -0.05) is 23.3 Å². The van der Waals surface area contributed by atoms with Gasteiger partial charge in [-0.2, -0.15) is 0 Å². The van der Waals surface area contributed by atoms with Gasteiger partial charge in [0.2, 0.25) is 5.89 Å². The second-order valence-electron chi connectivity index (χ2n) is 5.74. The number of amides is 1. The van der Waals surface area contributed by atoms with E-state index in [1.54, 1.807) is 14.0 Å². The van der Waals surface area contributed by atoms with Crippen molar-refractivity contribution in [2.45, 2.75) is 13.3 Å². The Kier molecular flexibility index (Phi) is 5.11. The summed E-state index contributed by atoms with van der Waals surface area (Å²) in [5.74, 6) is 0.493. The molecule has 1 heterocycles. The smallest absolute Gasteiger partial charge is 0.322 e. The quantitative estimate of drug-likeness (QED) is 0.524. The van der Waals surface area contributed by atoms with Crippen molar-refractivity contribution in [1.82, 2.24) is 10.2 Å². The van der Waals surface area contributed by atoms with Crippen molar-refractivity contribution in [3.63, 3.8) is 0 Å². The molecule has 1 aromatic heterocycles. The Morgan fingerprint density at radius 2 is 1.96 bits per heavy atom. The van der Waals surface area contributed by atoms with Crippen LogP contribution in [0.4, 0.5) is 11.7 Å². The van der Waals surface area contributed by atoms with Crippen LogP contribution in [0, 0.1) is 17.0 Å². The van der Waals surface area contributed by atoms with E-state index in [1.165, 1.54) is 18.2 Å². The molecule has 9 nitrogen and oxygen atoms in total. The maximum atomic E-state index is 12.3. The molecule has 1 N–H and O–H groups in total. The van der Waals surface area contributed by atoms with Crippen LogP contribution in [-0.2, 0) is 6.42 Å². The predicted octanol–water partition coefficient (Wildman–Crippen LogP) is 3.14. The molecule has 2 aromatic carbocycles. The van der Waals surface area contributed by atoms with Crippen LogP contribution < -0.4 is 10.1 Å². The lowest BCUT2D eigenvalue weighted by atomic mass is 10.1. The standard InChI is InChI=1S/C18H16N4O5/c1-11-3-6-13(10-15(11)22(24)25)17(23)19-18-21-20-16(27-18)9-12-4-7-14(26-2)8-5-12/h3-8,10H,9H2,1-2H3,(H,19,21,23). The van der Waals surface area contributed by atoms with Gasteiger partial charge < -0.3 is 9.15 Å². The Bertz CT molecular complexity index is 982. The number of nitrogens with zero attached hydrogens (tertiary/aromatic N) is 3. The summed E-state index contributed by atoms with van der Waals surface area (Å²) in [7, 11) is 1.59. The molecular formula is C18H16N4O5. The average molecular weight is 368 g/mol. The number of carbonyl (C=O) groups is 1. The minimum absolute atomic E-state index is 0.0771. The van der Waals surface area contributed by atoms with Crippen LogP contribution in [0.3, 0.4) is 0 Å². The number of nitro groups is 1. The molecule has 0 atom stereocenters. The Labute approximate surface area is 154 Å². The van der Waals surface area contributed by atoms with Crippen LogP contribution in [0.25, 0.3) is 0 Å². The topological polar surface area (TPSA) is 120 Å². The molecule has 1 amide bonds. The molecule has 138 valence electrons. The molecule has 3 aromatic rings. The lowest BCUT2D eigenvalue weighted by molar-refractivity contribution is -0.385. The van der Waals surface area contributed by atoms with Crippen LogP contribution in [0.15, 0.2) is 46.9 Å². The van der Waals surface area contributed by atoms with Gasteiger partial charge in [0.25, 0.3) is 11.6 Å². The van der Waals surface area contributed by atoms with Gasteiger partial charge in [-0.3, -0.25) is 20.2 Å². The van der Waals surface area contributed by atoms with E-state index in [9.17, 15) is 14.9 Å². The summed E-state index contributed by atoms with van der Waals surface area (Å²) in [6.07, 6.45) is 0.392. The molecule has 0 bridgehead atoms. The lowest BCUT2D eigenvalue weighted by Gasteiger charge is -2.02. The zero-order chi connectivity index (χ0) is 19.4. The third kappa shape index (κ3) is 4.27. The number of nitrogens with one attached hydrogen (secondary N) is 1. The maximum Gasteiger partial charge on any atom is 0.322 e. The number of methoxy groups -OCH3 is 1. The van der Waals surface area contributed by atoms with E-state index in [-0.39, 0.29) is 17.3 Å². The fourth-order valence-corrected chi connectivity index (χ4v) is 2.41. The fraction of sp³-hybridized carbons (Fsp3) is 0.167. The van der Waals surface area contributed by atoms with E-state index in [0.29, 0.717) is 17.9 Å². The summed E-state index contributed by atoms with van der Waals surface area (Å²) < 4.78 is 10.5. The number of ether oxygens (including phenoxy) is 1. The largest absolute Gasteiger partial charge is 0.497 e. The number of hydrogen-bond acceptors (Lipinski definition) is 7. The first-order valence-electron chi connectivity index (χ1n) is 7.98. The molecule has 0 radical (unpaired) electrons. The van der Waals surface area contributed by atoms with Crippen LogP contribution in [0.2, 0.25) is 0 Å². The van der Waals surface area contributed by atoms with Gasteiger partial charge in [0, 0.05) is 17.2 Å². The molecule has 9 heteroatoms. The van der Waals surface area contributed by atoms with Crippen molar-refractivity contribution >= 4 is 17.6 Å². The van der Waals surface area contributed by atoms with Gasteiger partial charge in [0.05, 0.1) is 18.5 Å². The van der Waals surface area contributed by atoms with E-state index >= 15 is 0 Å². The molecule has 0 fully saturated rings. The molecule has 0 spiro atoms. The first-order valence-corrected chi connectivity index (χ1v) is 7.98. The van der Waals surface area contributed by atoms with Gasteiger partial charge in [0.15, 0.2) is 0 Å². The first kappa shape index (κ1) is 18.1. The number of anilines is 1. The maximum absolute atomic E-state index is 12.3. The highest BCUT2D eigenvalue weighted by Gasteiger charge is 2.17. The molecule has 27 heavy (non-hydrogen) atoms. The summed E-state index contributed by atoms with van der Waals surface area (Å²) in [6.45, 7) is 1.60. The van der Waals surface area contributed by atoms with Gasteiger partial charge in [-0.15, -0.1) is 5.10 Å². The third-order valence-corrected chi connectivity index (χ3v) is 3.87. The van der Waals surface area contributed by atoms with E-state index in [1.807, 2.05) is 24.3 Å². The number of aryl methyl sites for hydroxylation is 1. The molecule has 0 saturated carbocycles. The SMILES string of the molecule is COc1ccc(Cc2nnc(NC(=O)c3ccc(C)c([N+](=O)[O-])c3)o2)cc1. The summed E-state index contributed by atoms with van der Waals surface area (Å²) in [6, 6.07) is 11.5. The highest BCUT2D eigenvalue weighted by molar-refractivity contribution is 6.03. The first-order chi connectivity index (χ1) is 13.0. The molecule has 0 unspecified atom stereocenters. The van der Waals surface area contributed by atoms with Crippen molar-refractivity contribution in [1.29, 1.82) is 0 Å². The van der Waals surface area contributed by atoms with E-state index < -0.39 is 10.8 Å². The van der Waals surface area contributed by atoms with Crippen molar-refractivity contribution in [3.8, 4) is 5.75 Å². The van der Waals surface area contributed by atoms with Crippen LogP contribution in [0.5, 0.6) is 5.75 Å². The van der Waals surface area contributed by atoms with Crippen LogP contribution >= 0.6 is 0 Å². The molecule has 0 aliphatic rings. The Morgan fingerprint density at radius 3 is 2.63 bits per heavy atom. The zero-order valence-electron chi connectivity index (χ0n) is 14.6. The summed E-state index contributed by atoms with van der Waals surface area (Å²) in [4.78, 5) is 22.7. The Hall–Kier alpha value is -3.75. The van der Waals surface area contributed by atoms with Gasteiger partial charge in [0.1, 0.15) is 5.75 Å². The molecule has 0 saturated heterocycles. The number of benzene rings is 2. The Balaban J connectivity index is 1.69. The summed E-state index contributed by atoms with van der Waals surface area (Å²) in [5, 5.41) is 21.1. The van der Waals surface area contributed by atoms with Crippen molar-refractivity contribution in [3.05, 3.63) is 75.2 Å². The van der Waals surface area contributed by atoms with E-state index in [2.05, 4.69) is 15.5 Å². The Morgan fingerprint density at radius 1 is 1.22 bits per heavy atom. The number of hydrogen-bond donors (Lipinski definition) is 1. The van der Waals surface area contributed by atoms with Gasteiger partial charge in [-0.05, 0) is 30.7 Å². The van der Waals surface area contributed by atoms with Crippen molar-refractivity contribution in [2.24, 2.45) is 0 Å². The minimum Gasteiger partial charge on any atom is -0.497 e. The second kappa shape index (κ2) is 7.65. The second-order valence-corrected chi connectivity index (χ2v) is 5.74. The normalized spacial score (nSPS) is 10.4. The number of carbonyl (C=O) groups excluding carboxylic acids is 1. The monoisotopic (exact) mass is 368 g/mol. The van der Waals surface area contributed by atoms with Gasteiger partial charge >= 0.3 is 6.01 Å². The van der Waals surface area contributed by atoms with E-state index in [4.69, 9.17) is 9.15 Å².